The van der Waals surface area contributed by atoms with Crippen molar-refractivity contribution in [3.05, 3.63) is 0 Å². The van der Waals surface area contributed by atoms with Gasteiger partial charge in [0.25, 0.3) is 0 Å². The normalized spacial score (nSPS) is 14.7. The van der Waals surface area contributed by atoms with Crippen molar-refractivity contribution in [1.82, 2.24) is 16.0 Å². The van der Waals surface area contributed by atoms with Crippen molar-refractivity contribution in [3.8, 4) is 0 Å². The Hall–Kier alpha value is -3.95. The summed E-state index contributed by atoms with van der Waals surface area (Å²) in [5.41, 5.74) is 21.2. The Kier molecular flexibility index (Phi) is 14.9. The summed E-state index contributed by atoms with van der Waals surface area (Å²) in [6.07, 6.45) is -0.721. The SMILES string of the molecule is CCC(C)C(NC(=O)C(CCC(=O)O)NC(=O)C(CCCN=C(N)N)NC(=O)C(N)CC(N)=O)C(=O)O. The zero-order chi connectivity index (χ0) is 28.7. The monoisotopic (exact) mass is 530 g/mol. The highest BCUT2D eigenvalue weighted by molar-refractivity contribution is 5.95. The van der Waals surface area contributed by atoms with Crippen LogP contribution in [0.5, 0.6) is 0 Å². The third-order valence-electron chi connectivity index (χ3n) is 5.39. The number of aliphatic imine (C=N–C) groups is 1. The fraction of sp³-hybridized carbons (Fsp3) is 0.667. The second-order valence-electron chi connectivity index (χ2n) is 8.49. The van der Waals surface area contributed by atoms with Crippen molar-refractivity contribution in [2.45, 2.75) is 76.5 Å². The third kappa shape index (κ3) is 13.6. The number of carbonyl (C=O) groups is 6. The van der Waals surface area contributed by atoms with Crippen LogP contribution in [-0.4, -0.2) is 82.5 Å². The lowest BCUT2D eigenvalue weighted by Crippen LogP contribution is -2.58. The molecule has 0 fully saturated rings. The van der Waals surface area contributed by atoms with Gasteiger partial charge in [0, 0.05) is 13.0 Å². The Labute approximate surface area is 214 Å². The van der Waals surface area contributed by atoms with Crippen molar-refractivity contribution >= 4 is 41.5 Å². The highest BCUT2D eigenvalue weighted by atomic mass is 16.4. The second kappa shape index (κ2) is 16.7. The van der Waals surface area contributed by atoms with Crippen molar-refractivity contribution in [2.75, 3.05) is 6.54 Å². The fourth-order valence-electron chi connectivity index (χ4n) is 3.11. The van der Waals surface area contributed by atoms with Crippen LogP contribution >= 0.6 is 0 Å². The molecule has 0 aliphatic heterocycles. The van der Waals surface area contributed by atoms with Gasteiger partial charge in [-0.2, -0.15) is 0 Å². The minimum atomic E-state index is -1.43. The first-order valence-corrected chi connectivity index (χ1v) is 11.6. The van der Waals surface area contributed by atoms with Gasteiger partial charge in [-0.15, -0.1) is 0 Å². The zero-order valence-electron chi connectivity index (χ0n) is 20.9. The maximum Gasteiger partial charge on any atom is 0.326 e. The first-order chi connectivity index (χ1) is 17.2. The van der Waals surface area contributed by atoms with Crippen LogP contribution in [0.3, 0.4) is 0 Å². The Morgan fingerprint density at radius 2 is 1.41 bits per heavy atom. The van der Waals surface area contributed by atoms with Crippen molar-refractivity contribution in [2.24, 2.45) is 33.8 Å². The number of guanidine groups is 1. The van der Waals surface area contributed by atoms with Gasteiger partial charge in [0.05, 0.1) is 12.5 Å². The number of carboxylic acid groups (broad SMARTS) is 2. The number of carbonyl (C=O) groups excluding carboxylic acids is 4. The first kappa shape index (κ1) is 33.0. The van der Waals surface area contributed by atoms with Crippen LogP contribution in [-0.2, 0) is 28.8 Å². The quantitative estimate of drug-likeness (QED) is 0.0480. The summed E-state index contributed by atoms with van der Waals surface area (Å²) in [4.78, 5) is 75.8. The van der Waals surface area contributed by atoms with Gasteiger partial charge in [-0.3, -0.25) is 29.0 Å². The molecule has 16 nitrogen and oxygen atoms in total. The summed E-state index contributed by atoms with van der Waals surface area (Å²) < 4.78 is 0. The summed E-state index contributed by atoms with van der Waals surface area (Å²) >= 11 is 0. The van der Waals surface area contributed by atoms with E-state index in [0.29, 0.717) is 6.42 Å². The van der Waals surface area contributed by atoms with E-state index >= 15 is 0 Å². The number of nitrogens with one attached hydrogen (secondary N) is 3. The highest BCUT2D eigenvalue weighted by Gasteiger charge is 2.32. The van der Waals surface area contributed by atoms with Gasteiger partial charge in [0.1, 0.15) is 18.1 Å². The van der Waals surface area contributed by atoms with E-state index in [4.69, 9.17) is 28.0 Å². The summed E-state index contributed by atoms with van der Waals surface area (Å²) in [5.74, 6) is -6.66. The number of amides is 4. The van der Waals surface area contributed by atoms with Gasteiger partial charge in [-0.1, -0.05) is 20.3 Å². The van der Waals surface area contributed by atoms with Crippen molar-refractivity contribution < 1.29 is 39.0 Å². The van der Waals surface area contributed by atoms with E-state index in [0.717, 1.165) is 0 Å². The molecule has 0 aromatic carbocycles. The van der Waals surface area contributed by atoms with Crippen LogP contribution in [0.1, 0.15) is 52.4 Å². The van der Waals surface area contributed by atoms with E-state index in [1.807, 2.05) is 0 Å². The largest absolute Gasteiger partial charge is 0.481 e. The van der Waals surface area contributed by atoms with Crippen molar-refractivity contribution in [3.63, 3.8) is 0 Å². The second-order valence-corrected chi connectivity index (χ2v) is 8.49. The molecule has 0 bridgehead atoms. The van der Waals surface area contributed by atoms with E-state index in [1.54, 1.807) is 13.8 Å². The van der Waals surface area contributed by atoms with Crippen LogP contribution < -0.4 is 38.9 Å². The lowest BCUT2D eigenvalue weighted by Gasteiger charge is -2.26. The Balaban J connectivity index is 5.74. The Morgan fingerprint density at radius 1 is 0.865 bits per heavy atom. The molecular weight excluding hydrogens is 492 g/mol. The molecule has 0 radical (unpaired) electrons. The summed E-state index contributed by atoms with van der Waals surface area (Å²) in [6, 6.07) is -5.32. The highest BCUT2D eigenvalue weighted by Crippen LogP contribution is 2.10. The fourth-order valence-corrected chi connectivity index (χ4v) is 3.11. The molecule has 0 aromatic heterocycles. The summed E-state index contributed by atoms with van der Waals surface area (Å²) in [7, 11) is 0. The van der Waals surface area contributed by atoms with E-state index in [-0.39, 0.29) is 31.8 Å². The minimum absolute atomic E-state index is 0.0183. The van der Waals surface area contributed by atoms with Crippen LogP contribution in [0.2, 0.25) is 0 Å². The molecule has 210 valence electrons. The average molecular weight is 531 g/mol. The molecule has 0 rings (SSSR count). The summed E-state index contributed by atoms with van der Waals surface area (Å²) in [6.45, 7) is 3.45. The van der Waals surface area contributed by atoms with Gasteiger partial charge in [0.15, 0.2) is 5.96 Å². The average Bonchev–Trinajstić information content (AvgIpc) is 2.79. The molecule has 16 heteroatoms. The van der Waals surface area contributed by atoms with E-state index in [2.05, 4.69) is 20.9 Å². The number of aliphatic carboxylic acids is 2. The molecule has 4 amide bonds. The number of rotatable bonds is 18. The molecule has 37 heavy (non-hydrogen) atoms. The van der Waals surface area contributed by atoms with Crippen LogP contribution in [0.15, 0.2) is 4.99 Å². The number of nitrogens with zero attached hydrogens (tertiary/aromatic N) is 1. The minimum Gasteiger partial charge on any atom is -0.481 e. The molecule has 0 saturated carbocycles. The number of hydrogen-bond acceptors (Lipinski definition) is 8. The van der Waals surface area contributed by atoms with Gasteiger partial charge in [-0.25, -0.2) is 4.79 Å². The predicted octanol–water partition coefficient (Wildman–Crippen LogP) is -3.31. The third-order valence-corrected chi connectivity index (χ3v) is 5.39. The van der Waals surface area contributed by atoms with Gasteiger partial charge in [0.2, 0.25) is 23.6 Å². The van der Waals surface area contributed by atoms with Crippen LogP contribution in [0.25, 0.3) is 0 Å². The molecule has 0 aromatic rings. The molecule has 13 N–H and O–H groups in total. The smallest absolute Gasteiger partial charge is 0.326 e. The molecule has 0 saturated heterocycles. The molecule has 0 aliphatic rings. The summed E-state index contributed by atoms with van der Waals surface area (Å²) in [5, 5.41) is 25.6. The Bertz CT molecular complexity index is 861. The maximum atomic E-state index is 13.0. The molecule has 0 heterocycles. The zero-order valence-corrected chi connectivity index (χ0v) is 20.9. The number of hydrogen-bond donors (Lipinski definition) is 9. The molecule has 0 spiro atoms. The number of nitrogens with two attached hydrogens (primary N) is 4. The van der Waals surface area contributed by atoms with Crippen LogP contribution in [0.4, 0.5) is 0 Å². The molecule has 0 aliphatic carbocycles. The number of primary amides is 1. The van der Waals surface area contributed by atoms with E-state index in [1.165, 1.54) is 0 Å². The molecule has 5 unspecified atom stereocenters. The van der Waals surface area contributed by atoms with Crippen molar-refractivity contribution in [1.29, 1.82) is 0 Å². The maximum absolute atomic E-state index is 13.0. The van der Waals surface area contributed by atoms with E-state index < -0.39 is 78.5 Å². The Morgan fingerprint density at radius 3 is 1.89 bits per heavy atom. The van der Waals surface area contributed by atoms with Gasteiger partial charge in [-0.05, 0) is 25.2 Å². The number of carboxylic acids is 2. The van der Waals surface area contributed by atoms with Crippen LogP contribution in [0, 0.1) is 5.92 Å². The van der Waals surface area contributed by atoms with Gasteiger partial charge >= 0.3 is 11.9 Å². The predicted molar refractivity (Wildman–Crippen MR) is 131 cm³/mol. The van der Waals surface area contributed by atoms with E-state index in [9.17, 15) is 33.9 Å². The first-order valence-electron chi connectivity index (χ1n) is 11.6. The standard InChI is InChI=1S/C21H38N8O8/c1-3-10(2)16(20(36)37)29-19(35)13(6-7-15(31)32)28-18(34)12(5-4-8-26-21(24)25)27-17(33)11(22)9-14(23)30/h10-13,16H,3-9,22H2,1-2H3,(H2,23,30)(H,27,33)(H,28,34)(H,29,35)(H,31,32)(H,36,37)(H4,24,25,26). The molecular formula is C21H38N8O8. The van der Waals surface area contributed by atoms with Gasteiger partial charge < -0.3 is 49.1 Å². The topological polar surface area (TPSA) is 295 Å². The molecule has 5 atom stereocenters. The lowest BCUT2D eigenvalue weighted by molar-refractivity contribution is -0.144. The lowest BCUT2D eigenvalue weighted by atomic mass is 9.98.